The summed E-state index contributed by atoms with van der Waals surface area (Å²) >= 11 is 7.93. The molecule has 3 aromatic rings. The van der Waals surface area contributed by atoms with Gasteiger partial charge in [-0.15, -0.1) is 11.3 Å². The molecule has 0 atom stereocenters. The zero-order chi connectivity index (χ0) is 17.2. The number of nitrogens with one attached hydrogen (secondary N) is 1. The number of aryl methyl sites for hydroxylation is 1. The van der Waals surface area contributed by atoms with Crippen molar-refractivity contribution in [1.82, 2.24) is 10.3 Å². The summed E-state index contributed by atoms with van der Waals surface area (Å²) in [5.74, 6) is 0.566. The maximum absolute atomic E-state index is 6.08. The molecule has 0 aliphatic carbocycles. The lowest BCUT2D eigenvalue weighted by molar-refractivity contribution is 0.459. The van der Waals surface area contributed by atoms with Gasteiger partial charge in [-0.25, -0.2) is 4.98 Å². The van der Waals surface area contributed by atoms with Crippen LogP contribution in [0.25, 0.3) is 21.7 Å². The van der Waals surface area contributed by atoms with Gasteiger partial charge in [0, 0.05) is 16.5 Å². The highest BCUT2D eigenvalue weighted by Gasteiger charge is 2.22. The molecule has 1 aliphatic heterocycles. The smallest absolute Gasteiger partial charge is 0.0970 e. The first-order chi connectivity index (χ1) is 12.2. The van der Waals surface area contributed by atoms with Gasteiger partial charge in [-0.3, -0.25) is 0 Å². The third-order valence-electron chi connectivity index (χ3n) is 4.76. The summed E-state index contributed by atoms with van der Waals surface area (Å²) in [7, 11) is 0. The third-order valence-corrected chi connectivity index (χ3v) is 6.28. The molecule has 0 unspecified atom stereocenters. The van der Waals surface area contributed by atoms with E-state index in [9.17, 15) is 0 Å². The number of piperidine rings is 1. The topological polar surface area (TPSA) is 24.9 Å². The lowest BCUT2D eigenvalue weighted by Gasteiger charge is -2.20. The minimum atomic E-state index is 0.566. The van der Waals surface area contributed by atoms with Crippen LogP contribution in [0.15, 0.2) is 48.5 Å². The molecule has 1 saturated heterocycles. The van der Waals surface area contributed by atoms with Crippen LogP contribution in [-0.2, 0) is 0 Å². The first-order valence-corrected chi connectivity index (χ1v) is 9.94. The summed E-state index contributed by atoms with van der Waals surface area (Å²) in [6, 6.07) is 16.8. The van der Waals surface area contributed by atoms with Crippen molar-refractivity contribution in [1.29, 1.82) is 0 Å². The molecule has 4 heteroatoms. The normalized spacial score (nSPS) is 15.4. The monoisotopic (exact) mass is 368 g/mol. The van der Waals surface area contributed by atoms with Crippen LogP contribution in [0, 0.1) is 6.92 Å². The molecular weight excluding hydrogens is 348 g/mol. The van der Waals surface area contributed by atoms with Crippen molar-refractivity contribution < 1.29 is 0 Å². The van der Waals surface area contributed by atoms with E-state index in [1.165, 1.54) is 33.9 Å². The Hall–Kier alpha value is -1.68. The highest BCUT2D eigenvalue weighted by atomic mass is 35.5. The molecule has 1 aromatic heterocycles. The van der Waals surface area contributed by atoms with E-state index >= 15 is 0 Å². The van der Waals surface area contributed by atoms with Crippen molar-refractivity contribution in [2.75, 3.05) is 13.1 Å². The number of aromatic nitrogens is 1. The van der Waals surface area contributed by atoms with Crippen LogP contribution < -0.4 is 5.32 Å². The highest BCUT2D eigenvalue weighted by Crippen LogP contribution is 2.41. The highest BCUT2D eigenvalue weighted by molar-refractivity contribution is 7.15. The van der Waals surface area contributed by atoms with Crippen LogP contribution in [0.3, 0.4) is 0 Å². The Labute approximate surface area is 157 Å². The summed E-state index contributed by atoms with van der Waals surface area (Å²) in [6.07, 6.45) is 2.34. The maximum atomic E-state index is 6.08. The molecule has 2 heterocycles. The number of thiazole rings is 1. The van der Waals surface area contributed by atoms with Gasteiger partial charge >= 0.3 is 0 Å². The van der Waals surface area contributed by atoms with Crippen LogP contribution >= 0.6 is 22.9 Å². The summed E-state index contributed by atoms with van der Waals surface area (Å²) in [4.78, 5) is 6.34. The zero-order valence-corrected chi connectivity index (χ0v) is 15.8. The predicted octanol–water partition coefficient (Wildman–Crippen LogP) is 5.91. The Bertz CT molecular complexity index is 784. The minimum Gasteiger partial charge on any atom is -0.317 e. The van der Waals surface area contributed by atoms with E-state index in [0.29, 0.717) is 5.92 Å². The van der Waals surface area contributed by atoms with E-state index in [1.807, 2.05) is 23.5 Å². The van der Waals surface area contributed by atoms with Crippen molar-refractivity contribution in [3.63, 3.8) is 0 Å². The van der Waals surface area contributed by atoms with Gasteiger partial charge < -0.3 is 5.32 Å². The fraction of sp³-hybridized carbons (Fsp3) is 0.286. The second-order valence-corrected chi connectivity index (χ2v) is 8.09. The number of benzene rings is 2. The van der Waals surface area contributed by atoms with E-state index in [4.69, 9.17) is 16.6 Å². The van der Waals surface area contributed by atoms with E-state index in [0.717, 1.165) is 29.4 Å². The van der Waals surface area contributed by atoms with Gasteiger partial charge in [-0.2, -0.15) is 0 Å². The fourth-order valence-electron chi connectivity index (χ4n) is 3.28. The molecule has 0 bridgehead atoms. The molecule has 1 fully saturated rings. The van der Waals surface area contributed by atoms with Gasteiger partial charge in [0.25, 0.3) is 0 Å². The molecule has 25 heavy (non-hydrogen) atoms. The Kier molecular flexibility index (Phi) is 4.89. The minimum absolute atomic E-state index is 0.566. The van der Waals surface area contributed by atoms with Gasteiger partial charge in [0.15, 0.2) is 0 Å². The largest absolute Gasteiger partial charge is 0.317 e. The molecule has 0 amide bonds. The van der Waals surface area contributed by atoms with Crippen LogP contribution in [-0.4, -0.2) is 18.1 Å². The summed E-state index contributed by atoms with van der Waals surface area (Å²) in [6.45, 7) is 4.29. The van der Waals surface area contributed by atoms with Crippen molar-refractivity contribution in [2.24, 2.45) is 0 Å². The number of hydrogen-bond donors (Lipinski definition) is 1. The Balaban J connectivity index is 1.80. The maximum Gasteiger partial charge on any atom is 0.0970 e. The molecule has 2 nitrogen and oxygen atoms in total. The molecule has 0 saturated carbocycles. The summed E-state index contributed by atoms with van der Waals surface area (Å²) in [5.41, 5.74) is 4.74. The van der Waals surface area contributed by atoms with Crippen LogP contribution in [0.2, 0.25) is 5.02 Å². The van der Waals surface area contributed by atoms with Gasteiger partial charge in [0.2, 0.25) is 0 Å². The van der Waals surface area contributed by atoms with Gasteiger partial charge in [0.1, 0.15) is 0 Å². The van der Waals surface area contributed by atoms with E-state index in [2.05, 4.69) is 48.6 Å². The number of nitrogens with zero attached hydrogens (tertiary/aromatic N) is 1. The van der Waals surface area contributed by atoms with Crippen molar-refractivity contribution in [3.8, 4) is 21.7 Å². The lowest BCUT2D eigenvalue weighted by Crippen LogP contribution is -2.26. The summed E-state index contributed by atoms with van der Waals surface area (Å²) in [5, 5.41) is 5.47. The summed E-state index contributed by atoms with van der Waals surface area (Å²) < 4.78 is 0. The Morgan fingerprint density at radius 2 is 1.60 bits per heavy atom. The number of halogens is 1. The SMILES string of the molecule is Cc1ccc(-c2sc(C3CCNCC3)nc2-c2ccc(Cl)cc2)cc1. The van der Waals surface area contributed by atoms with Crippen molar-refractivity contribution in [3.05, 3.63) is 64.1 Å². The first-order valence-electron chi connectivity index (χ1n) is 8.75. The predicted molar refractivity (Wildman–Crippen MR) is 108 cm³/mol. The molecule has 1 N–H and O–H groups in total. The lowest BCUT2D eigenvalue weighted by atomic mass is 9.99. The standard InChI is InChI=1S/C21H21ClN2S/c1-14-2-4-16(5-3-14)20-19(15-6-8-18(22)9-7-15)24-21(25-20)17-10-12-23-13-11-17/h2-9,17,23H,10-13H2,1H3. The average molecular weight is 369 g/mol. The van der Waals surface area contributed by atoms with Crippen LogP contribution in [0.1, 0.15) is 29.3 Å². The molecule has 1 aliphatic rings. The molecule has 0 radical (unpaired) electrons. The van der Waals surface area contributed by atoms with Gasteiger partial charge in [-0.05, 0) is 50.6 Å². The van der Waals surface area contributed by atoms with Gasteiger partial charge in [-0.1, -0.05) is 53.6 Å². The molecule has 2 aromatic carbocycles. The number of rotatable bonds is 3. The molecule has 4 rings (SSSR count). The Morgan fingerprint density at radius 1 is 0.960 bits per heavy atom. The fourth-order valence-corrected chi connectivity index (χ4v) is 4.67. The van der Waals surface area contributed by atoms with Crippen LogP contribution in [0.5, 0.6) is 0 Å². The Morgan fingerprint density at radius 3 is 2.28 bits per heavy atom. The first kappa shape index (κ1) is 16.8. The molecule has 0 spiro atoms. The average Bonchev–Trinajstić information content (AvgIpc) is 3.09. The zero-order valence-electron chi connectivity index (χ0n) is 14.3. The second kappa shape index (κ2) is 7.28. The third kappa shape index (κ3) is 3.64. The molecule has 128 valence electrons. The quantitative estimate of drug-likeness (QED) is 0.622. The van der Waals surface area contributed by atoms with Crippen molar-refractivity contribution >= 4 is 22.9 Å². The number of hydrogen-bond acceptors (Lipinski definition) is 3. The molecular formula is C21H21ClN2S. The van der Waals surface area contributed by atoms with Crippen LogP contribution in [0.4, 0.5) is 0 Å². The van der Waals surface area contributed by atoms with Crippen molar-refractivity contribution in [2.45, 2.75) is 25.7 Å². The van der Waals surface area contributed by atoms with Gasteiger partial charge in [0.05, 0.1) is 15.6 Å². The second-order valence-electron chi connectivity index (χ2n) is 6.63. The van der Waals surface area contributed by atoms with E-state index in [1.54, 1.807) is 0 Å². The van der Waals surface area contributed by atoms with E-state index < -0.39 is 0 Å². The van der Waals surface area contributed by atoms with E-state index in [-0.39, 0.29) is 0 Å².